The minimum Gasteiger partial charge on any atom is -0.445 e. The SMILES string of the molecule is CN(CCCCF)C(=O)OCc1csc(Cl)c1. The minimum absolute atomic E-state index is 0.218. The average Bonchev–Trinajstić information content (AvgIpc) is 2.72. The van der Waals surface area contributed by atoms with Gasteiger partial charge in [0.25, 0.3) is 0 Å². The van der Waals surface area contributed by atoms with Crippen molar-refractivity contribution in [2.75, 3.05) is 20.3 Å². The number of hydrogen-bond acceptors (Lipinski definition) is 3. The lowest BCUT2D eigenvalue weighted by Gasteiger charge is -2.16. The van der Waals surface area contributed by atoms with Crippen molar-refractivity contribution in [3.8, 4) is 0 Å². The highest BCUT2D eigenvalue weighted by atomic mass is 35.5. The molecule has 0 fully saturated rings. The Bertz CT molecular complexity index is 359. The van der Waals surface area contributed by atoms with Crippen molar-refractivity contribution in [1.29, 1.82) is 0 Å². The van der Waals surface area contributed by atoms with Gasteiger partial charge in [0.15, 0.2) is 0 Å². The second kappa shape index (κ2) is 7.50. The van der Waals surface area contributed by atoms with E-state index >= 15 is 0 Å². The molecule has 0 aromatic carbocycles. The van der Waals surface area contributed by atoms with Crippen LogP contribution < -0.4 is 0 Å². The number of carbonyl (C=O) groups excluding carboxylic acids is 1. The van der Waals surface area contributed by atoms with Crippen LogP contribution in [-0.2, 0) is 11.3 Å². The van der Waals surface area contributed by atoms with Crippen LogP contribution >= 0.6 is 22.9 Å². The summed E-state index contributed by atoms with van der Waals surface area (Å²) in [5, 5.41) is 1.85. The Balaban J connectivity index is 2.24. The fraction of sp³-hybridized carbons (Fsp3) is 0.545. The van der Waals surface area contributed by atoms with Crippen LogP contribution in [0.15, 0.2) is 11.4 Å². The third kappa shape index (κ3) is 5.37. The topological polar surface area (TPSA) is 29.5 Å². The number of ether oxygens (including phenoxy) is 1. The first-order chi connectivity index (χ1) is 8.13. The van der Waals surface area contributed by atoms with E-state index in [-0.39, 0.29) is 13.3 Å². The molecule has 0 N–H and O–H groups in total. The number of thiophene rings is 1. The highest BCUT2D eigenvalue weighted by molar-refractivity contribution is 7.14. The Morgan fingerprint density at radius 1 is 1.59 bits per heavy atom. The molecule has 0 saturated carbocycles. The van der Waals surface area contributed by atoms with Crippen LogP contribution in [0.2, 0.25) is 4.34 Å². The van der Waals surface area contributed by atoms with E-state index in [0.29, 0.717) is 23.7 Å². The molecule has 6 heteroatoms. The van der Waals surface area contributed by atoms with Gasteiger partial charge in [0, 0.05) is 19.2 Å². The summed E-state index contributed by atoms with van der Waals surface area (Å²) >= 11 is 7.16. The zero-order valence-corrected chi connectivity index (χ0v) is 11.2. The molecule has 0 spiro atoms. The van der Waals surface area contributed by atoms with E-state index in [9.17, 15) is 9.18 Å². The first-order valence-corrected chi connectivity index (χ1v) is 6.56. The Labute approximate surface area is 109 Å². The molecular formula is C11H15ClFNO2S. The quantitative estimate of drug-likeness (QED) is 0.743. The molecule has 0 radical (unpaired) electrons. The molecule has 3 nitrogen and oxygen atoms in total. The number of alkyl halides is 1. The van der Waals surface area contributed by atoms with Crippen molar-refractivity contribution < 1.29 is 13.9 Å². The maximum Gasteiger partial charge on any atom is 0.409 e. The first-order valence-electron chi connectivity index (χ1n) is 5.30. The summed E-state index contributed by atoms with van der Waals surface area (Å²) in [5.74, 6) is 0. The monoisotopic (exact) mass is 279 g/mol. The van der Waals surface area contributed by atoms with Gasteiger partial charge in [-0.1, -0.05) is 11.6 Å². The molecule has 0 aliphatic carbocycles. The second-order valence-corrected chi connectivity index (χ2v) is 5.17. The van der Waals surface area contributed by atoms with E-state index in [2.05, 4.69) is 0 Å². The maximum absolute atomic E-state index is 11.9. The molecule has 1 amide bonds. The summed E-state index contributed by atoms with van der Waals surface area (Å²) in [6.45, 7) is 0.374. The van der Waals surface area contributed by atoms with E-state index in [1.165, 1.54) is 16.2 Å². The van der Waals surface area contributed by atoms with E-state index < -0.39 is 6.09 Å². The molecule has 0 aliphatic rings. The largest absolute Gasteiger partial charge is 0.445 e. The van der Waals surface area contributed by atoms with E-state index in [1.807, 2.05) is 5.38 Å². The smallest absolute Gasteiger partial charge is 0.409 e. The van der Waals surface area contributed by atoms with Gasteiger partial charge in [-0.05, 0) is 24.3 Å². The van der Waals surface area contributed by atoms with Crippen LogP contribution in [0.3, 0.4) is 0 Å². The normalized spacial score (nSPS) is 10.3. The van der Waals surface area contributed by atoms with Gasteiger partial charge in [-0.25, -0.2) is 4.79 Å². The zero-order chi connectivity index (χ0) is 12.7. The summed E-state index contributed by atoms with van der Waals surface area (Å²) in [6.07, 6.45) is 0.718. The van der Waals surface area contributed by atoms with Crippen LogP contribution in [0, 0.1) is 0 Å². The molecule has 0 aliphatic heterocycles. The predicted octanol–water partition coefficient (Wildman–Crippen LogP) is 3.72. The summed E-state index contributed by atoms with van der Waals surface area (Å²) < 4.78 is 17.6. The van der Waals surface area contributed by atoms with Gasteiger partial charge in [-0.15, -0.1) is 11.3 Å². The summed E-state index contributed by atoms with van der Waals surface area (Å²) in [4.78, 5) is 12.9. The average molecular weight is 280 g/mol. The van der Waals surface area contributed by atoms with Gasteiger partial charge in [0.1, 0.15) is 6.61 Å². The van der Waals surface area contributed by atoms with Crippen LogP contribution in [-0.4, -0.2) is 31.3 Å². The van der Waals surface area contributed by atoms with Gasteiger partial charge in [0.05, 0.1) is 11.0 Å². The van der Waals surface area contributed by atoms with E-state index in [4.69, 9.17) is 16.3 Å². The van der Waals surface area contributed by atoms with Crippen molar-refractivity contribution in [2.45, 2.75) is 19.4 Å². The van der Waals surface area contributed by atoms with Gasteiger partial charge >= 0.3 is 6.09 Å². The third-order valence-corrected chi connectivity index (χ3v) is 3.31. The zero-order valence-electron chi connectivity index (χ0n) is 9.62. The van der Waals surface area contributed by atoms with E-state index in [0.717, 1.165) is 5.56 Å². The number of hydrogen-bond donors (Lipinski definition) is 0. The van der Waals surface area contributed by atoms with Crippen molar-refractivity contribution in [3.05, 3.63) is 21.3 Å². The molecule has 1 aromatic rings. The molecule has 96 valence electrons. The van der Waals surface area contributed by atoms with E-state index in [1.54, 1.807) is 13.1 Å². The van der Waals surface area contributed by atoms with Crippen LogP contribution in [0.4, 0.5) is 9.18 Å². The molecule has 0 atom stereocenters. The number of amides is 1. The van der Waals surface area contributed by atoms with Crippen molar-refractivity contribution in [2.24, 2.45) is 0 Å². The number of unbranched alkanes of at least 4 members (excludes halogenated alkanes) is 1. The molecule has 0 saturated heterocycles. The molecular weight excluding hydrogens is 265 g/mol. The maximum atomic E-state index is 11.9. The minimum atomic E-state index is -0.397. The second-order valence-electron chi connectivity index (χ2n) is 3.63. The standard InChI is InChI=1S/C11H15ClFNO2S/c1-14(5-3-2-4-13)11(15)16-7-9-6-10(12)17-8-9/h6,8H,2-5,7H2,1H3. The number of rotatable bonds is 6. The van der Waals surface area contributed by atoms with Crippen LogP contribution in [0.5, 0.6) is 0 Å². The number of carbonyl (C=O) groups is 1. The summed E-state index contributed by atoms with van der Waals surface area (Å²) in [5.41, 5.74) is 0.880. The molecule has 1 heterocycles. The van der Waals surface area contributed by atoms with Gasteiger partial charge in [-0.2, -0.15) is 0 Å². The molecule has 1 aromatic heterocycles. The first kappa shape index (κ1) is 14.3. The highest BCUT2D eigenvalue weighted by Crippen LogP contribution is 2.20. The summed E-state index contributed by atoms with van der Waals surface area (Å²) in [6, 6.07) is 1.77. The Hall–Kier alpha value is -0.810. The molecule has 17 heavy (non-hydrogen) atoms. The number of nitrogens with zero attached hydrogens (tertiary/aromatic N) is 1. The van der Waals surface area contributed by atoms with Gasteiger partial charge in [0.2, 0.25) is 0 Å². The predicted molar refractivity (Wildman–Crippen MR) is 67.4 cm³/mol. The van der Waals surface area contributed by atoms with Gasteiger partial charge < -0.3 is 9.64 Å². The van der Waals surface area contributed by atoms with Crippen LogP contribution in [0.1, 0.15) is 18.4 Å². The molecule has 0 bridgehead atoms. The third-order valence-electron chi connectivity index (χ3n) is 2.17. The lowest BCUT2D eigenvalue weighted by molar-refractivity contribution is 0.104. The lowest BCUT2D eigenvalue weighted by Crippen LogP contribution is -2.28. The van der Waals surface area contributed by atoms with Crippen LogP contribution in [0.25, 0.3) is 0 Å². The Morgan fingerprint density at radius 2 is 2.35 bits per heavy atom. The highest BCUT2D eigenvalue weighted by Gasteiger charge is 2.10. The lowest BCUT2D eigenvalue weighted by atomic mass is 10.3. The molecule has 1 rings (SSSR count). The fourth-order valence-electron chi connectivity index (χ4n) is 1.21. The molecule has 0 unspecified atom stereocenters. The van der Waals surface area contributed by atoms with Gasteiger partial charge in [-0.3, -0.25) is 4.39 Å². The fourth-order valence-corrected chi connectivity index (χ4v) is 2.10. The number of halogens is 2. The van der Waals surface area contributed by atoms with Crippen molar-refractivity contribution in [3.63, 3.8) is 0 Å². The van der Waals surface area contributed by atoms with Crippen molar-refractivity contribution >= 4 is 29.0 Å². The van der Waals surface area contributed by atoms with Crippen molar-refractivity contribution in [1.82, 2.24) is 4.90 Å². The summed E-state index contributed by atoms with van der Waals surface area (Å²) in [7, 11) is 1.64. The Morgan fingerprint density at radius 3 is 2.94 bits per heavy atom. The Kier molecular flexibility index (Phi) is 6.29.